The molecule has 0 amide bonds. The van der Waals surface area contributed by atoms with Crippen LogP contribution in [0.4, 0.5) is 0 Å². The van der Waals surface area contributed by atoms with Crippen LogP contribution in [0.15, 0.2) is 12.2 Å². The molecule has 0 rings (SSSR count). The van der Waals surface area contributed by atoms with E-state index in [4.69, 9.17) is 9.84 Å². The van der Waals surface area contributed by atoms with Crippen molar-refractivity contribution in [3.05, 3.63) is 12.2 Å². The quantitative estimate of drug-likeness (QED) is 0.621. The van der Waals surface area contributed by atoms with Crippen LogP contribution in [-0.2, 0) is 4.74 Å². The van der Waals surface area contributed by atoms with Crippen molar-refractivity contribution < 1.29 is 9.84 Å². The van der Waals surface area contributed by atoms with Crippen molar-refractivity contribution in [3.63, 3.8) is 0 Å². The summed E-state index contributed by atoms with van der Waals surface area (Å²) in [5, 5.41) is 8.76. The number of hydrogen-bond donors (Lipinski definition) is 1. The summed E-state index contributed by atoms with van der Waals surface area (Å²) in [5.74, 6) is 0.236. The molecular weight excluding hydrogens is 152 g/mol. The molecule has 0 aromatic heterocycles. The Kier molecular flexibility index (Phi) is 7.11. The van der Waals surface area contributed by atoms with Crippen molar-refractivity contribution >= 4 is 0 Å². The Morgan fingerprint density at radius 1 is 1.42 bits per heavy atom. The first kappa shape index (κ1) is 11.7. The van der Waals surface area contributed by atoms with Crippen LogP contribution in [0.25, 0.3) is 0 Å². The zero-order valence-electron chi connectivity index (χ0n) is 8.29. The lowest BCUT2D eigenvalue weighted by Crippen LogP contribution is -2.07. The van der Waals surface area contributed by atoms with E-state index in [0.29, 0.717) is 0 Å². The zero-order chi connectivity index (χ0) is 9.40. The summed E-state index contributed by atoms with van der Waals surface area (Å²) in [4.78, 5) is 0. The van der Waals surface area contributed by atoms with Crippen LogP contribution in [0.1, 0.15) is 26.7 Å². The van der Waals surface area contributed by atoms with Crippen LogP contribution < -0.4 is 0 Å². The maximum atomic E-state index is 8.76. The van der Waals surface area contributed by atoms with E-state index in [9.17, 15) is 0 Å². The third-order valence-electron chi connectivity index (χ3n) is 1.82. The Bertz CT molecular complexity index is 121. The second-order valence-electron chi connectivity index (χ2n) is 3.11. The standard InChI is InChI=1S/C10H20O2/c1-4-5-10(12-3)7-6-9(2)8-11/h6-7,9-11H,4-5,8H2,1-3H3/b7-6+. The Hall–Kier alpha value is -0.340. The van der Waals surface area contributed by atoms with Gasteiger partial charge in [0.1, 0.15) is 0 Å². The molecule has 2 heteroatoms. The molecule has 0 fully saturated rings. The van der Waals surface area contributed by atoms with Crippen molar-refractivity contribution in [2.45, 2.75) is 32.8 Å². The van der Waals surface area contributed by atoms with Crippen molar-refractivity contribution in [1.82, 2.24) is 0 Å². The van der Waals surface area contributed by atoms with E-state index in [1.165, 1.54) is 0 Å². The molecule has 0 aromatic rings. The van der Waals surface area contributed by atoms with Gasteiger partial charge in [-0.25, -0.2) is 0 Å². The van der Waals surface area contributed by atoms with E-state index in [1.807, 2.05) is 19.1 Å². The molecule has 0 aliphatic rings. The Morgan fingerprint density at radius 2 is 2.08 bits per heavy atom. The van der Waals surface area contributed by atoms with Crippen LogP contribution in [0.2, 0.25) is 0 Å². The second-order valence-corrected chi connectivity index (χ2v) is 3.11. The number of rotatable bonds is 6. The second kappa shape index (κ2) is 7.32. The highest BCUT2D eigenvalue weighted by Gasteiger charge is 2.00. The maximum absolute atomic E-state index is 8.76. The van der Waals surface area contributed by atoms with Gasteiger partial charge in [0, 0.05) is 13.7 Å². The number of aliphatic hydroxyl groups is 1. The Balaban J connectivity index is 3.74. The van der Waals surface area contributed by atoms with Gasteiger partial charge in [0.2, 0.25) is 0 Å². The number of aliphatic hydroxyl groups excluding tert-OH is 1. The van der Waals surface area contributed by atoms with E-state index in [0.717, 1.165) is 12.8 Å². The third-order valence-corrected chi connectivity index (χ3v) is 1.82. The number of ether oxygens (including phenoxy) is 1. The average Bonchev–Trinajstić information content (AvgIpc) is 2.11. The molecule has 0 heterocycles. The van der Waals surface area contributed by atoms with Crippen LogP contribution in [0.3, 0.4) is 0 Å². The van der Waals surface area contributed by atoms with Crippen LogP contribution in [0, 0.1) is 5.92 Å². The van der Waals surface area contributed by atoms with Gasteiger partial charge >= 0.3 is 0 Å². The third kappa shape index (κ3) is 5.33. The number of methoxy groups -OCH3 is 1. The lowest BCUT2D eigenvalue weighted by molar-refractivity contribution is 0.132. The smallest absolute Gasteiger partial charge is 0.0752 e. The van der Waals surface area contributed by atoms with E-state index >= 15 is 0 Å². The van der Waals surface area contributed by atoms with Crippen molar-refractivity contribution in [1.29, 1.82) is 0 Å². The molecular formula is C10H20O2. The predicted molar refractivity (Wildman–Crippen MR) is 51.1 cm³/mol. The zero-order valence-corrected chi connectivity index (χ0v) is 8.29. The summed E-state index contributed by atoms with van der Waals surface area (Å²) in [5.41, 5.74) is 0. The number of hydrogen-bond acceptors (Lipinski definition) is 2. The largest absolute Gasteiger partial charge is 0.396 e. The molecule has 0 saturated carbocycles. The lowest BCUT2D eigenvalue weighted by atomic mass is 10.1. The van der Waals surface area contributed by atoms with Gasteiger partial charge in [0.25, 0.3) is 0 Å². The first-order valence-electron chi connectivity index (χ1n) is 4.56. The first-order chi connectivity index (χ1) is 5.74. The first-order valence-corrected chi connectivity index (χ1v) is 4.56. The van der Waals surface area contributed by atoms with Gasteiger partial charge in [0.15, 0.2) is 0 Å². The van der Waals surface area contributed by atoms with E-state index in [2.05, 4.69) is 6.92 Å². The van der Waals surface area contributed by atoms with Crippen LogP contribution in [0.5, 0.6) is 0 Å². The highest BCUT2D eigenvalue weighted by molar-refractivity contribution is 4.92. The Labute approximate surface area is 75.2 Å². The fourth-order valence-corrected chi connectivity index (χ4v) is 0.952. The topological polar surface area (TPSA) is 29.5 Å². The minimum absolute atomic E-state index is 0.207. The normalized spacial score (nSPS) is 16.7. The van der Waals surface area contributed by atoms with E-state index < -0.39 is 0 Å². The molecule has 0 saturated heterocycles. The summed E-state index contributed by atoms with van der Waals surface area (Å²) < 4.78 is 5.22. The van der Waals surface area contributed by atoms with Gasteiger partial charge in [0.05, 0.1) is 6.10 Å². The molecule has 1 N–H and O–H groups in total. The summed E-state index contributed by atoms with van der Waals surface area (Å²) in [6.07, 6.45) is 6.42. The molecule has 0 aliphatic carbocycles. The average molecular weight is 172 g/mol. The minimum Gasteiger partial charge on any atom is -0.396 e. The molecule has 2 atom stereocenters. The molecule has 72 valence electrons. The molecule has 2 unspecified atom stereocenters. The van der Waals surface area contributed by atoms with Crippen molar-refractivity contribution in [2.24, 2.45) is 5.92 Å². The van der Waals surface area contributed by atoms with E-state index in [-0.39, 0.29) is 18.6 Å². The molecule has 0 spiro atoms. The highest BCUT2D eigenvalue weighted by atomic mass is 16.5. The molecule has 0 aromatic carbocycles. The van der Waals surface area contributed by atoms with Gasteiger partial charge in [-0.1, -0.05) is 32.4 Å². The fourth-order valence-electron chi connectivity index (χ4n) is 0.952. The van der Waals surface area contributed by atoms with Crippen LogP contribution in [-0.4, -0.2) is 24.9 Å². The Morgan fingerprint density at radius 3 is 2.50 bits per heavy atom. The van der Waals surface area contributed by atoms with Crippen LogP contribution >= 0.6 is 0 Å². The lowest BCUT2D eigenvalue weighted by Gasteiger charge is -2.09. The molecule has 0 bridgehead atoms. The van der Waals surface area contributed by atoms with Gasteiger partial charge in [-0.3, -0.25) is 0 Å². The van der Waals surface area contributed by atoms with Gasteiger partial charge in [-0.2, -0.15) is 0 Å². The monoisotopic (exact) mass is 172 g/mol. The molecule has 0 aliphatic heterocycles. The minimum atomic E-state index is 0.207. The van der Waals surface area contributed by atoms with Gasteiger partial charge in [-0.15, -0.1) is 0 Å². The van der Waals surface area contributed by atoms with Gasteiger partial charge in [-0.05, 0) is 12.3 Å². The van der Waals surface area contributed by atoms with Gasteiger partial charge < -0.3 is 9.84 Å². The molecule has 2 nitrogen and oxygen atoms in total. The summed E-state index contributed by atoms with van der Waals surface area (Å²) in [6.45, 7) is 4.32. The summed E-state index contributed by atoms with van der Waals surface area (Å²) in [6, 6.07) is 0. The summed E-state index contributed by atoms with van der Waals surface area (Å²) >= 11 is 0. The maximum Gasteiger partial charge on any atom is 0.0752 e. The fraction of sp³-hybridized carbons (Fsp3) is 0.800. The predicted octanol–water partition coefficient (Wildman–Crippen LogP) is 1.99. The van der Waals surface area contributed by atoms with E-state index in [1.54, 1.807) is 7.11 Å². The highest BCUT2D eigenvalue weighted by Crippen LogP contribution is 2.04. The molecule has 12 heavy (non-hydrogen) atoms. The van der Waals surface area contributed by atoms with Crippen molar-refractivity contribution in [3.8, 4) is 0 Å². The summed E-state index contributed by atoms with van der Waals surface area (Å²) in [7, 11) is 1.72. The molecule has 0 radical (unpaired) electrons. The SMILES string of the molecule is CCCC(/C=C/C(C)CO)OC. The van der Waals surface area contributed by atoms with Crippen molar-refractivity contribution in [2.75, 3.05) is 13.7 Å².